The molecule has 9 heavy (non-hydrogen) atoms. The first kappa shape index (κ1) is 6.10. The van der Waals surface area contributed by atoms with E-state index in [9.17, 15) is 9.59 Å². The maximum atomic E-state index is 10.3. The Kier molecular flexibility index (Phi) is 1.40. The van der Waals surface area contributed by atoms with Gasteiger partial charge in [0, 0.05) is 0 Å². The van der Waals surface area contributed by atoms with Gasteiger partial charge in [-0.25, -0.2) is 4.79 Å². The van der Waals surface area contributed by atoms with E-state index in [4.69, 9.17) is 11.6 Å². The third kappa shape index (κ3) is 1.02. The Morgan fingerprint density at radius 1 is 1.44 bits per heavy atom. The van der Waals surface area contributed by atoms with E-state index >= 15 is 0 Å². The molecule has 1 rings (SSSR count). The van der Waals surface area contributed by atoms with E-state index in [1.165, 1.54) is 0 Å². The third-order valence-electron chi connectivity index (χ3n) is 0.826. The predicted molar refractivity (Wildman–Crippen MR) is 31.8 cm³/mol. The number of carbonyl (C=O) groups excluding carboxylic acids is 1. The summed E-state index contributed by atoms with van der Waals surface area (Å²) >= 11 is 5.33. The highest BCUT2D eigenvalue weighted by molar-refractivity contribution is 6.31. The van der Waals surface area contributed by atoms with Gasteiger partial charge in [-0.05, 0) is 0 Å². The molecule has 0 unspecified atom stereocenters. The number of halogens is 1. The summed E-state index contributed by atoms with van der Waals surface area (Å²) in [5, 5.41) is 0.0509. The van der Waals surface area contributed by atoms with Gasteiger partial charge >= 0.3 is 5.69 Å². The van der Waals surface area contributed by atoms with Gasteiger partial charge in [0.05, 0.1) is 0 Å². The number of H-pyrrole nitrogens is 2. The van der Waals surface area contributed by atoms with E-state index in [2.05, 4.69) is 9.97 Å². The Bertz CT molecular complexity index is 274. The molecule has 0 fully saturated rings. The molecule has 0 bridgehead atoms. The number of hydrogen-bond acceptors (Lipinski definition) is 2. The molecule has 0 amide bonds. The van der Waals surface area contributed by atoms with Gasteiger partial charge in [0.1, 0.15) is 10.8 Å². The Hall–Kier alpha value is -1.03. The number of aldehydes is 1. The number of carbonyl (C=O) groups is 1. The second-order valence-electron chi connectivity index (χ2n) is 1.42. The van der Waals surface area contributed by atoms with Crippen molar-refractivity contribution in [1.29, 1.82) is 0 Å². The molecular weight excluding hydrogens is 144 g/mol. The summed E-state index contributed by atoms with van der Waals surface area (Å²) in [6.45, 7) is 0. The highest BCUT2D eigenvalue weighted by Crippen LogP contribution is 2.02. The van der Waals surface area contributed by atoms with Gasteiger partial charge < -0.3 is 4.98 Å². The van der Waals surface area contributed by atoms with E-state index < -0.39 is 5.69 Å². The molecule has 0 aromatic carbocycles. The maximum Gasteiger partial charge on any atom is 0.324 e. The lowest BCUT2D eigenvalue weighted by molar-refractivity contribution is 0.111. The number of rotatable bonds is 1. The number of nitrogens with one attached hydrogen (secondary N) is 2. The molecule has 0 spiro atoms. The van der Waals surface area contributed by atoms with Crippen molar-refractivity contribution in [3.8, 4) is 0 Å². The molecule has 48 valence electrons. The van der Waals surface area contributed by atoms with Gasteiger partial charge in [-0.1, -0.05) is 11.6 Å². The van der Waals surface area contributed by atoms with Crippen LogP contribution in [0.25, 0.3) is 0 Å². The molecule has 4 nitrogen and oxygen atoms in total. The van der Waals surface area contributed by atoms with Crippen molar-refractivity contribution >= 4 is 17.9 Å². The van der Waals surface area contributed by atoms with Crippen LogP contribution in [0.3, 0.4) is 0 Å². The van der Waals surface area contributed by atoms with E-state index in [1.807, 2.05) is 0 Å². The van der Waals surface area contributed by atoms with Crippen molar-refractivity contribution < 1.29 is 4.79 Å². The Morgan fingerprint density at radius 2 is 2.11 bits per heavy atom. The van der Waals surface area contributed by atoms with E-state index in [-0.39, 0.29) is 10.8 Å². The van der Waals surface area contributed by atoms with Crippen LogP contribution in [0.2, 0.25) is 5.15 Å². The van der Waals surface area contributed by atoms with Gasteiger partial charge in [0.25, 0.3) is 0 Å². The van der Waals surface area contributed by atoms with Crippen molar-refractivity contribution in [3.05, 3.63) is 21.3 Å². The zero-order valence-corrected chi connectivity index (χ0v) is 5.03. The van der Waals surface area contributed by atoms with Crippen LogP contribution in [0.4, 0.5) is 0 Å². The summed E-state index contributed by atoms with van der Waals surface area (Å²) in [6.07, 6.45) is 0.472. The van der Waals surface area contributed by atoms with Crippen LogP contribution in [0.5, 0.6) is 0 Å². The van der Waals surface area contributed by atoms with Crippen molar-refractivity contribution in [3.63, 3.8) is 0 Å². The molecule has 0 aliphatic carbocycles. The van der Waals surface area contributed by atoms with Crippen LogP contribution in [0, 0.1) is 0 Å². The highest BCUT2D eigenvalue weighted by Gasteiger charge is 1.99. The average Bonchev–Trinajstić information content (AvgIpc) is 2.10. The summed E-state index contributed by atoms with van der Waals surface area (Å²) in [5.41, 5.74) is -0.385. The van der Waals surface area contributed by atoms with Gasteiger partial charge in [-0.3, -0.25) is 9.78 Å². The zero-order valence-electron chi connectivity index (χ0n) is 4.27. The van der Waals surface area contributed by atoms with Crippen molar-refractivity contribution in [2.24, 2.45) is 0 Å². The minimum absolute atomic E-state index is 0.0509. The zero-order chi connectivity index (χ0) is 6.85. The first-order chi connectivity index (χ1) is 4.24. The Morgan fingerprint density at radius 3 is 2.33 bits per heavy atom. The van der Waals surface area contributed by atoms with Crippen LogP contribution >= 0.6 is 11.6 Å². The number of hydrogen-bond donors (Lipinski definition) is 2. The van der Waals surface area contributed by atoms with Gasteiger partial charge in [-0.2, -0.15) is 0 Å². The highest BCUT2D eigenvalue weighted by atomic mass is 35.5. The monoisotopic (exact) mass is 146 g/mol. The van der Waals surface area contributed by atoms with Crippen molar-refractivity contribution in [2.75, 3.05) is 0 Å². The topological polar surface area (TPSA) is 65.7 Å². The largest absolute Gasteiger partial charge is 0.324 e. The summed E-state index contributed by atoms with van der Waals surface area (Å²) in [4.78, 5) is 24.6. The summed E-state index contributed by atoms with van der Waals surface area (Å²) in [6, 6.07) is 0. The molecule has 0 saturated carbocycles. The summed E-state index contributed by atoms with van der Waals surface area (Å²) in [7, 11) is 0. The third-order valence-corrected chi connectivity index (χ3v) is 1.12. The lowest BCUT2D eigenvalue weighted by Crippen LogP contribution is -2.00. The Labute approximate surface area is 54.9 Å². The van der Waals surface area contributed by atoms with E-state index in [0.29, 0.717) is 6.29 Å². The fourth-order valence-electron chi connectivity index (χ4n) is 0.457. The first-order valence-electron chi connectivity index (χ1n) is 2.17. The Balaban J connectivity index is 3.31. The SMILES string of the molecule is O=Cc1[nH]c(=O)[nH]c1Cl. The second-order valence-corrected chi connectivity index (χ2v) is 1.80. The molecule has 0 aliphatic rings. The van der Waals surface area contributed by atoms with Crippen LogP contribution in [0.15, 0.2) is 4.79 Å². The number of aromatic amines is 2. The quantitative estimate of drug-likeness (QED) is 0.555. The van der Waals surface area contributed by atoms with Crippen LogP contribution in [-0.4, -0.2) is 16.3 Å². The number of aromatic nitrogens is 2. The van der Waals surface area contributed by atoms with Crippen LogP contribution < -0.4 is 5.69 Å². The molecule has 5 heteroatoms. The van der Waals surface area contributed by atoms with Gasteiger partial charge in [-0.15, -0.1) is 0 Å². The molecule has 2 N–H and O–H groups in total. The van der Waals surface area contributed by atoms with Crippen molar-refractivity contribution in [2.45, 2.75) is 0 Å². The lowest BCUT2D eigenvalue weighted by Gasteiger charge is -1.76. The van der Waals surface area contributed by atoms with Crippen LogP contribution in [-0.2, 0) is 0 Å². The fraction of sp³-hybridized carbons (Fsp3) is 0. The van der Waals surface area contributed by atoms with E-state index in [1.54, 1.807) is 0 Å². The van der Waals surface area contributed by atoms with Crippen molar-refractivity contribution in [1.82, 2.24) is 9.97 Å². The van der Waals surface area contributed by atoms with Crippen LogP contribution in [0.1, 0.15) is 10.5 Å². The molecular formula is C4H3ClN2O2. The minimum Gasteiger partial charge on any atom is -0.302 e. The van der Waals surface area contributed by atoms with E-state index in [0.717, 1.165) is 0 Å². The average molecular weight is 147 g/mol. The molecule has 0 saturated heterocycles. The summed E-state index contributed by atoms with van der Waals surface area (Å²) < 4.78 is 0. The normalized spacial score (nSPS) is 9.44. The fourth-order valence-corrected chi connectivity index (χ4v) is 0.634. The predicted octanol–water partition coefficient (Wildman–Crippen LogP) is 0.169. The number of imidazole rings is 1. The standard InChI is InChI=1S/C4H3ClN2O2/c5-3-2(1-8)6-4(9)7-3/h1H,(H2,6,7,9). The second kappa shape index (κ2) is 2.06. The van der Waals surface area contributed by atoms with Gasteiger partial charge in [0.2, 0.25) is 0 Å². The smallest absolute Gasteiger partial charge is 0.302 e. The lowest BCUT2D eigenvalue weighted by atomic mass is 10.5. The molecule has 0 radical (unpaired) electrons. The molecule has 0 atom stereocenters. The molecule has 1 aromatic rings. The molecule has 1 aromatic heterocycles. The molecule has 1 heterocycles. The summed E-state index contributed by atoms with van der Waals surface area (Å²) in [5.74, 6) is 0. The van der Waals surface area contributed by atoms with Gasteiger partial charge in [0.15, 0.2) is 6.29 Å². The maximum absolute atomic E-state index is 10.3. The molecule has 0 aliphatic heterocycles. The first-order valence-corrected chi connectivity index (χ1v) is 2.55. The minimum atomic E-state index is -0.470.